The zero-order valence-corrected chi connectivity index (χ0v) is 19.3. The number of furan rings is 1. The standard InChI is InChI=1S/C31H19BrO/c32-27-15-8-14-26-30(27)23-12-4-6-13-25(23)31(26,20-9-2-1-3-10-20)21-17-18-29-24(19-21)22-11-5-7-16-28(22)33-29/h1-19H. The predicted molar refractivity (Wildman–Crippen MR) is 139 cm³/mol. The van der Waals surface area contributed by atoms with Crippen molar-refractivity contribution in [2.45, 2.75) is 5.41 Å². The van der Waals surface area contributed by atoms with Gasteiger partial charge < -0.3 is 4.42 Å². The van der Waals surface area contributed by atoms with E-state index in [9.17, 15) is 0 Å². The summed E-state index contributed by atoms with van der Waals surface area (Å²) in [5, 5.41) is 2.30. The molecule has 0 aliphatic heterocycles. The number of halogens is 1. The van der Waals surface area contributed by atoms with Crippen LogP contribution < -0.4 is 0 Å². The molecule has 0 N–H and O–H groups in total. The summed E-state index contributed by atoms with van der Waals surface area (Å²) in [7, 11) is 0. The Bertz CT molecular complexity index is 1680. The van der Waals surface area contributed by atoms with Crippen molar-refractivity contribution in [3.8, 4) is 11.1 Å². The summed E-state index contributed by atoms with van der Waals surface area (Å²) in [6.45, 7) is 0. The predicted octanol–water partition coefficient (Wildman–Crippen LogP) is 8.71. The molecular weight excluding hydrogens is 468 g/mol. The first kappa shape index (κ1) is 18.9. The van der Waals surface area contributed by atoms with Crippen molar-refractivity contribution in [3.63, 3.8) is 0 Å². The molecule has 156 valence electrons. The highest BCUT2D eigenvalue weighted by atomic mass is 79.9. The molecule has 6 aromatic rings. The average Bonchev–Trinajstić information content (AvgIpc) is 3.39. The minimum atomic E-state index is -0.413. The highest BCUT2D eigenvalue weighted by molar-refractivity contribution is 9.10. The third-order valence-corrected chi connectivity index (χ3v) is 7.70. The molecule has 0 amide bonds. The van der Waals surface area contributed by atoms with Crippen LogP contribution in [-0.2, 0) is 5.41 Å². The summed E-state index contributed by atoms with van der Waals surface area (Å²) in [4.78, 5) is 0. The minimum absolute atomic E-state index is 0.413. The number of fused-ring (bicyclic) bond motifs is 6. The van der Waals surface area contributed by atoms with Crippen molar-refractivity contribution in [2.75, 3.05) is 0 Å². The van der Waals surface area contributed by atoms with Gasteiger partial charge in [0, 0.05) is 20.8 Å². The summed E-state index contributed by atoms with van der Waals surface area (Å²) in [5.74, 6) is 0. The van der Waals surface area contributed by atoms with Crippen LogP contribution in [0.1, 0.15) is 22.3 Å². The quantitative estimate of drug-likeness (QED) is 0.238. The van der Waals surface area contributed by atoms with Crippen LogP contribution >= 0.6 is 15.9 Å². The molecule has 1 unspecified atom stereocenters. The molecule has 0 saturated carbocycles. The largest absolute Gasteiger partial charge is 0.456 e. The van der Waals surface area contributed by atoms with Crippen LogP contribution in [0.2, 0.25) is 0 Å². The number of hydrogen-bond donors (Lipinski definition) is 0. The first-order valence-electron chi connectivity index (χ1n) is 11.1. The first-order valence-corrected chi connectivity index (χ1v) is 11.9. The van der Waals surface area contributed by atoms with Gasteiger partial charge in [-0.2, -0.15) is 0 Å². The van der Waals surface area contributed by atoms with Crippen molar-refractivity contribution in [1.29, 1.82) is 0 Å². The zero-order chi connectivity index (χ0) is 22.0. The highest BCUT2D eigenvalue weighted by Crippen LogP contribution is 2.58. The fourth-order valence-corrected chi connectivity index (χ4v) is 6.30. The molecule has 5 aromatic carbocycles. The number of benzene rings is 5. The van der Waals surface area contributed by atoms with E-state index in [0.29, 0.717) is 0 Å². The van der Waals surface area contributed by atoms with E-state index in [2.05, 4.69) is 119 Å². The number of rotatable bonds is 2. The first-order chi connectivity index (χ1) is 16.3. The van der Waals surface area contributed by atoms with E-state index < -0.39 is 5.41 Å². The molecule has 0 fully saturated rings. The molecule has 1 aliphatic rings. The van der Waals surface area contributed by atoms with Gasteiger partial charge in [0.05, 0.1) is 5.41 Å². The Hall–Kier alpha value is -3.62. The lowest BCUT2D eigenvalue weighted by Gasteiger charge is -2.34. The Kier molecular flexibility index (Phi) is 3.97. The molecule has 33 heavy (non-hydrogen) atoms. The third-order valence-electron chi connectivity index (χ3n) is 7.03. The molecule has 0 radical (unpaired) electrons. The Morgan fingerprint density at radius 3 is 2.18 bits per heavy atom. The van der Waals surface area contributed by atoms with Gasteiger partial charge in [-0.1, -0.05) is 107 Å². The maximum atomic E-state index is 6.16. The second kappa shape index (κ2) is 6.94. The lowest BCUT2D eigenvalue weighted by Crippen LogP contribution is -2.28. The van der Waals surface area contributed by atoms with E-state index in [1.54, 1.807) is 0 Å². The fourth-order valence-electron chi connectivity index (χ4n) is 5.72. The molecule has 7 rings (SSSR count). The topological polar surface area (TPSA) is 13.1 Å². The molecular formula is C31H19BrO. The monoisotopic (exact) mass is 486 g/mol. The second-order valence-electron chi connectivity index (χ2n) is 8.63. The van der Waals surface area contributed by atoms with Crippen LogP contribution in [0.4, 0.5) is 0 Å². The van der Waals surface area contributed by atoms with Crippen molar-refractivity contribution in [3.05, 3.63) is 142 Å². The Morgan fingerprint density at radius 2 is 1.27 bits per heavy atom. The number of hydrogen-bond acceptors (Lipinski definition) is 1. The molecule has 0 spiro atoms. The third kappa shape index (κ3) is 2.47. The van der Waals surface area contributed by atoms with Gasteiger partial charge in [0.15, 0.2) is 0 Å². The molecule has 0 bridgehead atoms. The summed E-state index contributed by atoms with van der Waals surface area (Å²) < 4.78 is 7.28. The maximum absolute atomic E-state index is 6.16. The van der Waals surface area contributed by atoms with E-state index in [1.807, 2.05) is 12.1 Å². The van der Waals surface area contributed by atoms with Gasteiger partial charge in [0.2, 0.25) is 0 Å². The van der Waals surface area contributed by atoms with Crippen LogP contribution in [0, 0.1) is 0 Å². The summed E-state index contributed by atoms with van der Waals surface area (Å²) in [5.41, 5.74) is 9.11. The highest BCUT2D eigenvalue weighted by Gasteiger charge is 2.46. The van der Waals surface area contributed by atoms with Crippen LogP contribution in [0.5, 0.6) is 0 Å². The normalized spacial score (nSPS) is 16.8. The lowest BCUT2D eigenvalue weighted by molar-refractivity contribution is 0.668. The average molecular weight is 487 g/mol. The smallest absolute Gasteiger partial charge is 0.135 e. The van der Waals surface area contributed by atoms with Crippen LogP contribution in [-0.4, -0.2) is 0 Å². The van der Waals surface area contributed by atoms with Crippen molar-refractivity contribution >= 4 is 37.9 Å². The van der Waals surface area contributed by atoms with E-state index in [1.165, 1.54) is 33.4 Å². The Balaban J connectivity index is 1.66. The van der Waals surface area contributed by atoms with E-state index >= 15 is 0 Å². The van der Waals surface area contributed by atoms with E-state index in [0.717, 1.165) is 26.4 Å². The van der Waals surface area contributed by atoms with Gasteiger partial charge >= 0.3 is 0 Å². The molecule has 2 heteroatoms. The van der Waals surface area contributed by atoms with Gasteiger partial charge in [-0.3, -0.25) is 0 Å². The van der Waals surface area contributed by atoms with Crippen molar-refractivity contribution in [1.82, 2.24) is 0 Å². The molecule has 1 aliphatic carbocycles. The number of para-hydroxylation sites is 1. The molecule has 1 nitrogen and oxygen atoms in total. The zero-order valence-electron chi connectivity index (χ0n) is 17.8. The van der Waals surface area contributed by atoms with Crippen LogP contribution in [0.3, 0.4) is 0 Å². The van der Waals surface area contributed by atoms with Crippen molar-refractivity contribution < 1.29 is 4.42 Å². The fraction of sp³-hybridized carbons (Fsp3) is 0.0323. The van der Waals surface area contributed by atoms with Gasteiger partial charge in [0.25, 0.3) is 0 Å². The minimum Gasteiger partial charge on any atom is -0.456 e. The lowest BCUT2D eigenvalue weighted by atomic mass is 9.67. The van der Waals surface area contributed by atoms with E-state index in [4.69, 9.17) is 4.42 Å². The molecule has 0 saturated heterocycles. The van der Waals surface area contributed by atoms with Gasteiger partial charge in [0.1, 0.15) is 11.2 Å². The molecule has 1 aromatic heterocycles. The maximum Gasteiger partial charge on any atom is 0.135 e. The van der Waals surface area contributed by atoms with Crippen molar-refractivity contribution in [2.24, 2.45) is 0 Å². The summed E-state index contributed by atoms with van der Waals surface area (Å²) in [6, 6.07) is 41.3. The second-order valence-corrected chi connectivity index (χ2v) is 9.49. The van der Waals surface area contributed by atoms with Crippen LogP contribution in [0.15, 0.2) is 124 Å². The van der Waals surface area contributed by atoms with E-state index in [-0.39, 0.29) is 0 Å². The Morgan fingerprint density at radius 1 is 0.545 bits per heavy atom. The molecule has 1 heterocycles. The Labute approximate surface area is 200 Å². The SMILES string of the molecule is Brc1cccc2c1-c1ccccc1C2(c1ccccc1)c1ccc2oc3ccccc3c2c1. The van der Waals surface area contributed by atoms with Gasteiger partial charge in [-0.25, -0.2) is 0 Å². The summed E-state index contributed by atoms with van der Waals surface area (Å²) in [6.07, 6.45) is 0. The van der Waals surface area contributed by atoms with Gasteiger partial charge in [-0.15, -0.1) is 0 Å². The van der Waals surface area contributed by atoms with Crippen LogP contribution in [0.25, 0.3) is 33.1 Å². The molecule has 1 atom stereocenters. The van der Waals surface area contributed by atoms with Gasteiger partial charge in [-0.05, 0) is 52.1 Å². The summed E-state index contributed by atoms with van der Waals surface area (Å²) >= 11 is 3.87.